The van der Waals surface area contributed by atoms with E-state index in [2.05, 4.69) is 33.9 Å². The van der Waals surface area contributed by atoms with E-state index < -0.39 is 8.32 Å². The Hall–Kier alpha value is -1.37. The molecule has 0 heterocycles. The second kappa shape index (κ2) is 8.47. The lowest BCUT2D eigenvalue weighted by Crippen LogP contribution is -2.44. The summed E-state index contributed by atoms with van der Waals surface area (Å²) in [6.45, 7) is 11.9. The molecule has 0 N–H and O–H groups in total. The van der Waals surface area contributed by atoms with Crippen molar-refractivity contribution in [1.29, 1.82) is 0 Å². The van der Waals surface area contributed by atoms with Gasteiger partial charge in [0.15, 0.2) is 13.1 Å². The molecule has 0 aromatic heterocycles. The van der Waals surface area contributed by atoms with Crippen molar-refractivity contribution in [3.63, 3.8) is 0 Å². The molecule has 0 unspecified atom stereocenters. The predicted octanol–water partition coefficient (Wildman–Crippen LogP) is 3.88. The lowest BCUT2D eigenvalue weighted by Gasteiger charge is -2.36. The molecule has 23 heavy (non-hydrogen) atoms. The van der Waals surface area contributed by atoms with Crippen molar-refractivity contribution in [1.82, 2.24) is 0 Å². The number of hydrogen-bond acceptors (Lipinski definition) is 5. The quantitative estimate of drug-likeness (QED) is 0.295. The van der Waals surface area contributed by atoms with Crippen molar-refractivity contribution in [2.45, 2.75) is 38.9 Å². The number of benzene rings is 1. The fourth-order valence-electron chi connectivity index (χ4n) is 1.53. The van der Waals surface area contributed by atoms with E-state index in [0.29, 0.717) is 30.3 Å². The van der Waals surface area contributed by atoms with E-state index in [1.165, 1.54) is 0 Å². The predicted molar refractivity (Wildman–Crippen MR) is 93.0 cm³/mol. The summed E-state index contributed by atoms with van der Waals surface area (Å²) >= 11 is 0. The van der Waals surface area contributed by atoms with Crippen molar-refractivity contribution in [2.24, 2.45) is 0 Å². The van der Waals surface area contributed by atoms with Crippen molar-refractivity contribution in [3.8, 4) is 11.5 Å². The van der Waals surface area contributed by atoms with Crippen LogP contribution in [0.5, 0.6) is 11.5 Å². The van der Waals surface area contributed by atoms with Crippen LogP contribution in [0.25, 0.3) is 0 Å². The molecule has 0 radical (unpaired) electrons. The fourth-order valence-corrected chi connectivity index (χ4v) is 2.56. The maximum absolute atomic E-state index is 11.3. The van der Waals surface area contributed by atoms with Crippen LogP contribution in [0, 0.1) is 0 Å². The van der Waals surface area contributed by atoms with Gasteiger partial charge in [0.25, 0.3) is 8.32 Å². The third-order valence-electron chi connectivity index (χ3n) is 4.02. The molecule has 0 saturated heterocycles. The molecule has 1 aromatic rings. The highest BCUT2D eigenvalue weighted by atomic mass is 28.4. The lowest BCUT2D eigenvalue weighted by molar-refractivity contribution is -0.00851. The van der Waals surface area contributed by atoms with Crippen molar-refractivity contribution < 1.29 is 23.4 Å². The molecule has 1 rings (SSSR count). The molecular formula is C17H28O5Si. The van der Waals surface area contributed by atoms with Gasteiger partial charge in [0, 0.05) is 13.2 Å². The van der Waals surface area contributed by atoms with E-state index in [-0.39, 0.29) is 11.8 Å². The third kappa shape index (κ3) is 5.97. The second-order valence-electron chi connectivity index (χ2n) is 6.84. The Morgan fingerprint density at radius 2 is 1.87 bits per heavy atom. The number of carbonyl (C=O) groups excluding carboxylic acids is 1. The average molecular weight is 340 g/mol. The van der Waals surface area contributed by atoms with E-state index in [9.17, 15) is 4.79 Å². The zero-order valence-electron chi connectivity index (χ0n) is 15.0. The van der Waals surface area contributed by atoms with Crippen LogP contribution in [0.15, 0.2) is 18.2 Å². The van der Waals surface area contributed by atoms with Crippen LogP contribution in [-0.4, -0.2) is 41.7 Å². The van der Waals surface area contributed by atoms with Gasteiger partial charge in [0.05, 0.1) is 18.8 Å². The minimum Gasteiger partial charge on any atom is -0.543 e. The van der Waals surface area contributed by atoms with Gasteiger partial charge in [-0.3, -0.25) is 4.79 Å². The first kappa shape index (κ1) is 19.7. The molecule has 130 valence electrons. The number of methoxy groups -OCH3 is 1. The molecule has 0 fully saturated rings. The van der Waals surface area contributed by atoms with Crippen LogP contribution in [0.1, 0.15) is 31.1 Å². The van der Waals surface area contributed by atoms with Crippen LogP contribution >= 0.6 is 0 Å². The largest absolute Gasteiger partial charge is 0.543 e. The molecule has 1 aromatic carbocycles. The van der Waals surface area contributed by atoms with Crippen LogP contribution in [0.4, 0.5) is 0 Å². The lowest BCUT2D eigenvalue weighted by atomic mass is 10.2. The van der Waals surface area contributed by atoms with E-state index in [0.717, 1.165) is 6.29 Å². The molecular weight excluding hydrogens is 312 g/mol. The number of ether oxygens (including phenoxy) is 3. The standard InChI is InChI=1S/C17H28O5Si/c1-17(2,3)23(5,6)22-16-11-15(8-7-14(16)12-18)21-13-20-10-9-19-4/h7-8,11-12H,9-10,13H2,1-6H3. The van der Waals surface area contributed by atoms with Crippen molar-refractivity contribution in [3.05, 3.63) is 23.8 Å². The summed E-state index contributed by atoms with van der Waals surface area (Å²) in [7, 11) is -0.409. The summed E-state index contributed by atoms with van der Waals surface area (Å²) in [4.78, 5) is 11.3. The van der Waals surface area contributed by atoms with Gasteiger partial charge in [-0.25, -0.2) is 0 Å². The van der Waals surface area contributed by atoms with Crippen LogP contribution in [0.2, 0.25) is 18.1 Å². The smallest absolute Gasteiger partial charge is 0.250 e. The first-order valence-electron chi connectivity index (χ1n) is 7.69. The maximum Gasteiger partial charge on any atom is 0.250 e. The normalized spacial score (nSPS) is 12.1. The minimum absolute atomic E-state index is 0.0489. The number of hydrogen-bond donors (Lipinski definition) is 0. The van der Waals surface area contributed by atoms with E-state index in [4.69, 9.17) is 18.6 Å². The highest BCUT2D eigenvalue weighted by Gasteiger charge is 2.39. The molecule has 5 nitrogen and oxygen atoms in total. The molecule has 0 atom stereocenters. The number of aldehydes is 1. The Balaban J connectivity index is 2.81. The average Bonchev–Trinajstić information content (AvgIpc) is 2.46. The zero-order valence-corrected chi connectivity index (χ0v) is 16.0. The maximum atomic E-state index is 11.3. The van der Waals surface area contributed by atoms with Gasteiger partial charge < -0.3 is 18.6 Å². The first-order chi connectivity index (χ1) is 10.7. The molecule has 0 amide bonds. The molecule has 0 aliphatic carbocycles. The minimum atomic E-state index is -2.03. The molecule has 0 aliphatic rings. The Morgan fingerprint density at radius 1 is 1.17 bits per heavy atom. The highest BCUT2D eigenvalue weighted by Crippen LogP contribution is 2.38. The van der Waals surface area contributed by atoms with Gasteiger partial charge >= 0.3 is 0 Å². The van der Waals surface area contributed by atoms with Crippen LogP contribution in [-0.2, 0) is 9.47 Å². The fraction of sp³-hybridized carbons (Fsp3) is 0.588. The highest BCUT2D eigenvalue weighted by molar-refractivity contribution is 6.74. The van der Waals surface area contributed by atoms with Crippen LogP contribution in [0.3, 0.4) is 0 Å². The summed E-state index contributed by atoms with van der Waals surface area (Å²) in [5.74, 6) is 1.18. The van der Waals surface area contributed by atoms with E-state index >= 15 is 0 Å². The zero-order chi connectivity index (χ0) is 17.5. The summed E-state index contributed by atoms with van der Waals surface area (Å²) in [6.07, 6.45) is 0.807. The van der Waals surface area contributed by atoms with E-state index in [1.54, 1.807) is 25.3 Å². The molecule has 0 spiro atoms. The van der Waals surface area contributed by atoms with Gasteiger partial charge in [-0.05, 0) is 30.3 Å². The molecule has 6 heteroatoms. The van der Waals surface area contributed by atoms with E-state index in [1.807, 2.05) is 0 Å². The molecule has 0 bridgehead atoms. The van der Waals surface area contributed by atoms with Gasteiger partial charge in [0.1, 0.15) is 11.5 Å². The monoisotopic (exact) mass is 340 g/mol. The Bertz CT molecular complexity index is 508. The molecule has 0 aliphatic heterocycles. The van der Waals surface area contributed by atoms with Crippen LogP contribution < -0.4 is 9.16 Å². The van der Waals surface area contributed by atoms with Gasteiger partial charge in [-0.2, -0.15) is 0 Å². The summed E-state index contributed by atoms with van der Waals surface area (Å²) in [5, 5.41) is 0.0489. The Labute approximate surface area is 140 Å². The summed E-state index contributed by atoms with van der Waals surface area (Å²) in [5.41, 5.74) is 0.530. The van der Waals surface area contributed by atoms with Crippen molar-refractivity contribution in [2.75, 3.05) is 27.1 Å². The van der Waals surface area contributed by atoms with Crippen molar-refractivity contribution >= 4 is 14.6 Å². The summed E-state index contributed by atoms with van der Waals surface area (Å²) in [6, 6.07) is 5.20. The van der Waals surface area contributed by atoms with Gasteiger partial charge in [0.2, 0.25) is 0 Å². The SMILES string of the molecule is COCCOCOc1ccc(C=O)c(O[Si](C)(C)C(C)(C)C)c1. The second-order valence-corrected chi connectivity index (χ2v) is 11.6. The van der Waals surface area contributed by atoms with Gasteiger partial charge in [-0.1, -0.05) is 20.8 Å². The molecule has 0 saturated carbocycles. The first-order valence-corrected chi connectivity index (χ1v) is 10.6. The van der Waals surface area contributed by atoms with Gasteiger partial charge in [-0.15, -0.1) is 0 Å². The Morgan fingerprint density at radius 3 is 2.43 bits per heavy atom. The third-order valence-corrected chi connectivity index (χ3v) is 8.37. The Kier molecular flexibility index (Phi) is 7.25. The summed E-state index contributed by atoms with van der Waals surface area (Å²) < 4.78 is 22.0. The number of carbonyl (C=O) groups is 1. The number of rotatable bonds is 9. The topological polar surface area (TPSA) is 54.0 Å².